The average molecular weight is 336 g/mol. The minimum absolute atomic E-state index is 0.175. The van der Waals surface area contributed by atoms with Crippen molar-refractivity contribution in [2.75, 3.05) is 11.9 Å². The van der Waals surface area contributed by atoms with Crippen LogP contribution in [0.15, 0.2) is 24.3 Å². The molecule has 0 aliphatic rings. The lowest BCUT2D eigenvalue weighted by atomic mass is 10.2. The third kappa shape index (κ3) is 6.34. The van der Waals surface area contributed by atoms with Gasteiger partial charge in [-0.2, -0.15) is 0 Å². The molecule has 130 valence electrons. The molecule has 1 rings (SSSR count). The molecule has 0 unspecified atom stereocenters. The van der Waals surface area contributed by atoms with Crippen LogP contribution in [0.1, 0.15) is 31.1 Å². The zero-order valence-corrected chi connectivity index (χ0v) is 13.6. The summed E-state index contributed by atoms with van der Waals surface area (Å²) in [5, 5.41) is 4.84. The average Bonchev–Trinajstić information content (AvgIpc) is 2.52. The van der Waals surface area contributed by atoms with Crippen molar-refractivity contribution >= 4 is 29.5 Å². The van der Waals surface area contributed by atoms with Crippen molar-refractivity contribution in [1.82, 2.24) is 16.2 Å². The van der Waals surface area contributed by atoms with Crippen LogP contribution >= 0.6 is 0 Å². The molecule has 0 saturated carbocycles. The number of carbonyl (C=O) groups is 4. The van der Waals surface area contributed by atoms with Crippen LogP contribution in [0.25, 0.3) is 0 Å². The Morgan fingerprint density at radius 1 is 1.08 bits per heavy atom. The summed E-state index contributed by atoms with van der Waals surface area (Å²) < 4.78 is 4.73. The molecule has 1 aromatic carbocycles. The molecule has 4 amide bonds. The second-order valence-electron chi connectivity index (χ2n) is 4.96. The van der Waals surface area contributed by atoms with E-state index in [0.717, 1.165) is 0 Å². The topological polar surface area (TPSA) is 126 Å². The lowest BCUT2D eigenvalue weighted by Crippen LogP contribution is -2.49. The number of rotatable bonds is 4. The quantitative estimate of drug-likeness (QED) is 0.472. The summed E-state index contributed by atoms with van der Waals surface area (Å²) in [4.78, 5) is 46.2. The van der Waals surface area contributed by atoms with Gasteiger partial charge in [0.05, 0.1) is 6.61 Å². The van der Waals surface area contributed by atoms with E-state index in [0.29, 0.717) is 5.69 Å². The van der Waals surface area contributed by atoms with E-state index in [1.54, 1.807) is 32.9 Å². The van der Waals surface area contributed by atoms with Crippen molar-refractivity contribution in [2.24, 2.45) is 0 Å². The van der Waals surface area contributed by atoms with E-state index >= 15 is 0 Å². The summed E-state index contributed by atoms with van der Waals surface area (Å²) in [6.07, 6.45) is -0.645. The molecule has 0 radical (unpaired) electrons. The Hall–Kier alpha value is -3.10. The van der Waals surface area contributed by atoms with E-state index in [2.05, 4.69) is 16.1 Å². The maximum Gasteiger partial charge on any atom is 0.411 e. The number of ether oxygens (including phenoxy) is 1. The number of amides is 4. The standard InChI is InChI=1S/C15H20N4O5/c1-4-24-15(23)17-11-7-5-6-10(8-11)12(20)18-19-14(22)13(21)16-9(2)3/h5-9H,4H2,1-3H3,(H,16,21)(H,17,23)(H,18,20)(H,19,22). The van der Waals surface area contributed by atoms with Gasteiger partial charge in [0.25, 0.3) is 5.91 Å². The predicted molar refractivity (Wildman–Crippen MR) is 86.0 cm³/mol. The van der Waals surface area contributed by atoms with Gasteiger partial charge in [-0.25, -0.2) is 4.79 Å². The summed E-state index contributed by atoms with van der Waals surface area (Å²) in [6.45, 7) is 5.29. The zero-order valence-electron chi connectivity index (χ0n) is 13.6. The lowest BCUT2D eigenvalue weighted by Gasteiger charge is -2.10. The van der Waals surface area contributed by atoms with Gasteiger partial charge in [0.2, 0.25) is 0 Å². The molecule has 0 bridgehead atoms. The van der Waals surface area contributed by atoms with Gasteiger partial charge in [-0.3, -0.25) is 30.6 Å². The molecule has 0 aromatic heterocycles. The first kappa shape index (κ1) is 18.9. The fraction of sp³-hybridized carbons (Fsp3) is 0.333. The number of hydrogen-bond donors (Lipinski definition) is 4. The molecule has 0 saturated heterocycles. The zero-order chi connectivity index (χ0) is 18.1. The third-order valence-corrected chi connectivity index (χ3v) is 2.56. The van der Waals surface area contributed by atoms with Crippen LogP contribution in [-0.2, 0) is 14.3 Å². The van der Waals surface area contributed by atoms with Gasteiger partial charge in [0.15, 0.2) is 0 Å². The largest absolute Gasteiger partial charge is 0.450 e. The van der Waals surface area contributed by atoms with Gasteiger partial charge in [0.1, 0.15) is 0 Å². The highest BCUT2D eigenvalue weighted by Crippen LogP contribution is 2.10. The number of hydrazine groups is 1. The minimum Gasteiger partial charge on any atom is -0.450 e. The van der Waals surface area contributed by atoms with Crippen LogP contribution in [0.3, 0.4) is 0 Å². The number of hydrogen-bond acceptors (Lipinski definition) is 5. The van der Waals surface area contributed by atoms with Gasteiger partial charge in [0, 0.05) is 17.3 Å². The maximum absolute atomic E-state index is 12.0. The number of nitrogens with one attached hydrogen (secondary N) is 4. The highest BCUT2D eigenvalue weighted by atomic mass is 16.5. The highest BCUT2D eigenvalue weighted by Gasteiger charge is 2.15. The van der Waals surface area contributed by atoms with Crippen molar-refractivity contribution in [2.45, 2.75) is 26.8 Å². The molecule has 4 N–H and O–H groups in total. The summed E-state index contributed by atoms with van der Waals surface area (Å²) in [7, 11) is 0. The Bertz CT molecular complexity index is 630. The van der Waals surface area contributed by atoms with Crippen molar-refractivity contribution in [3.63, 3.8) is 0 Å². The summed E-state index contributed by atoms with van der Waals surface area (Å²) in [5.41, 5.74) is 4.65. The third-order valence-electron chi connectivity index (χ3n) is 2.56. The maximum atomic E-state index is 12.0. The molecule has 0 aliphatic carbocycles. The Morgan fingerprint density at radius 2 is 1.79 bits per heavy atom. The van der Waals surface area contributed by atoms with Gasteiger partial charge >= 0.3 is 17.9 Å². The van der Waals surface area contributed by atoms with Crippen LogP contribution in [0.5, 0.6) is 0 Å². The van der Waals surface area contributed by atoms with E-state index in [1.807, 2.05) is 5.43 Å². The molecule has 0 atom stereocenters. The first-order chi connectivity index (χ1) is 11.3. The normalized spacial score (nSPS) is 9.83. The molecule has 0 aliphatic heterocycles. The second kappa shape index (κ2) is 9.13. The predicted octanol–water partition coefficient (Wildman–Crippen LogP) is 0.541. The molecule has 9 heteroatoms. The molecular weight excluding hydrogens is 316 g/mol. The van der Waals surface area contributed by atoms with Gasteiger partial charge in [-0.1, -0.05) is 6.07 Å². The van der Waals surface area contributed by atoms with E-state index < -0.39 is 23.8 Å². The van der Waals surface area contributed by atoms with Crippen LogP contribution in [-0.4, -0.2) is 36.5 Å². The first-order valence-electron chi connectivity index (χ1n) is 7.28. The second-order valence-corrected chi connectivity index (χ2v) is 4.96. The van der Waals surface area contributed by atoms with Crippen molar-refractivity contribution in [1.29, 1.82) is 0 Å². The van der Waals surface area contributed by atoms with E-state index in [4.69, 9.17) is 4.74 Å². The Morgan fingerprint density at radius 3 is 2.42 bits per heavy atom. The Balaban J connectivity index is 2.60. The van der Waals surface area contributed by atoms with Gasteiger partial charge in [-0.05, 0) is 39.0 Å². The summed E-state index contributed by atoms with van der Waals surface area (Å²) in [5.74, 6) is -2.49. The van der Waals surface area contributed by atoms with Crippen molar-refractivity contribution in [3.05, 3.63) is 29.8 Å². The highest BCUT2D eigenvalue weighted by molar-refractivity contribution is 6.35. The Kier molecular flexibility index (Phi) is 7.21. The fourth-order valence-electron chi connectivity index (χ4n) is 1.59. The smallest absolute Gasteiger partial charge is 0.411 e. The molecule has 1 aromatic rings. The number of benzene rings is 1. The minimum atomic E-state index is -0.988. The monoisotopic (exact) mass is 336 g/mol. The van der Waals surface area contributed by atoms with Gasteiger partial charge < -0.3 is 10.1 Å². The van der Waals surface area contributed by atoms with E-state index in [-0.39, 0.29) is 18.2 Å². The Labute approximate surface area is 139 Å². The van der Waals surface area contributed by atoms with Crippen molar-refractivity contribution < 1.29 is 23.9 Å². The molecule has 24 heavy (non-hydrogen) atoms. The van der Waals surface area contributed by atoms with E-state index in [1.165, 1.54) is 12.1 Å². The molecule has 9 nitrogen and oxygen atoms in total. The van der Waals surface area contributed by atoms with E-state index in [9.17, 15) is 19.2 Å². The number of anilines is 1. The van der Waals surface area contributed by atoms with Gasteiger partial charge in [-0.15, -0.1) is 0 Å². The molecular formula is C15H20N4O5. The van der Waals surface area contributed by atoms with Crippen molar-refractivity contribution in [3.8, 4) is 0 Å². The van der Waals surface area contributed by atoms with Crippen LogP contribution in [0.4, 0.5) is 10.5 Å². The molecule has 0 spiro atoms. The molecule has 0 heterocycles. The summed E-state index contributed by atoms with van der Waals surface area (Å²) in [6, 6.07) is 5.79. The fourth-order valence-corrected chi connectivity index (χ4v) is 1.59. The summed E-state index contributed by atoms with van der Waals surface area (Å²) >= 11 is 0. The van der Waals surface area contributed by atoms with Crippen LogP contribution in [0, 0.1) is 0 Å². The first-order valence-corrected chi connectivity index (χ1v) is 7.28. The van der Waals surface area contributed by atoms with Crippen LogP contribution in [0.2, 0.25) is 0 Å². The van der Waals surface area contributed by atoms with Crippen LogP contribution < -0.4 is 21.5 Å². The number of carbonyl (C=O) groups excluding carboxylic acids is 4. The molecule has 0 fully saturated rings. The SMILES string of the molecule is CCOC(=O)Nc1cccc(C(=O)NNC(=O)C(=O)NC(C)C)c1. The lowest BCUT2D eigenvalue weighted by molar-refractivity contribution is -0.139.